The molecule has 7 heteroatoms. The Morgan fingerprint density at radius 3 is 0.429 bits per heavy atom. The summed E-state index contributed by atoms with van der Waals surface area (Å²) < 4.78 is 0. The van der Waals surface area contributed by atoms with E-state index in [1.54, 1.807) is 0 Å². The summed E-state index contributed by atoms with van der Waals surface area (Å²) in [6, 6.07) is 0. The van der Waals surface area contributed by atoms with Gasteiger partial charge in [-0.1, -0.05) is 0 Å². The van der Waals surface area contributed by atoms with Gasteiger partial charge < -0.3 is 27.4 Å². The van der Waals surface area contributed by atoms with Crippen molar-refractivity contribution in [3.8, 4) is 0 Å². The second-order valence-electron chi connectivity index (χ2n) is 0. The monoisotopic (exact) mass is 168 g/mol. The van der Waals surface area contributed by atoms with Crippen molar-refractivity contribution in [1.82, 2.24) is 0 Å². The van der Waals surface area contributed by atoms with E-state index in [1.165, 1.54) is 0 Å². The SMILES string of the molecule is Cl.O.O.O.O.O.[CaH2]. The molecule has 0 spiro atoms. The first kappa shape index (κ1) is 248. The van der Waals surface area contributed by atoms with E-state index >= 15 is 0 Å². The van der Waals surface area contributed by atoms with Crippen LogP contribution in [-0.2, 0) is 0 Å². The predicted octanol–water partition coefficient (Wildman–Crippen LogP) is -4.62. The van der Waals surface area contributed by atoms with E-state index in [0.29, 0.717) is 0 Å². The fourth-order valence-corrected chi connectivity index (χ4v) is 0. The van der Waals surface area contributed by atoms with Crippen LogP contribution in [0.4, 0.5) is 0 Å². The molecule has 5 nitrogen and oxygen atoms in total. The summed E-state index contributed by atoms with van der Waals surface area (Å²) in [5.74, 6) is 0. The van der Waals surface area contributed by atoms with E-state index in [-0.39, 0.29) is 77.5 Å². The van der Waals surface area contributed by atoms with Gasteiger partial charge in [0.15, 0.2) is 0 Å². The molecule has 0 aromatic carbocycles. The second kappa shape index (κ2) is 163. The molecule has 0 amide bonds. The number of hydrogen-bond donors (Lipinski definition) is 0. The van der Waals surface area contributed by atoms with Crippen molar-refractivity contribution in [1.29, 1.82) is 0 Å². The molecule has 0 aliphatic rings. The van der Waals surface area contributed by atoms with Gasteiger partial charge in [-0.2, -0.15) is 0 Å². The topological polar surface area (TPSA) is 158 Å². The van der Waals surface area contributed by atoms with Gasteiger partial charge in [0.25, 0.3) is 0 Å². The van der Waals surface area contributed by atoms with Crippen molar-refractivity contribution >= 4 is 50.1 Å². The zero-order valence-corrected chi connectivity index (χ0v) is 3.72. The molecular weight excluding hydrogens is 156 g/mol. The van der Waals surface area contributed by atoms with Gasteiger partial charge in [0.1, 0.15) is 0 Å². The van der Waals surface area contributed by atoms with Gasteiger partial charge >= 0.3 is 37.7 Å². The van der Waals surface area contributed by atoms with Crippen molar-refractivity contribution in [2.75, 3.05) is 0 Å². The molecule has 0 fully saturated rings. The summed E-state index contributed by atoms with van der Waals surface area (Å²) in [5.41, 5.74) is 0. The summed E-state index contributed by atoms with van der Waals surface area (Å²) in [4.78, 5) is 0. The molecule has 0 unspecified atom stereocenters. The Morgan fingerprint density at radius 1 is 0.429 bits per heavy atom. The predicted molar refractivity (Wildman–Crippen MR) is 33.9 cm³/mol. The molecule has 0 saturated carbocycles. The van der Waals surface area contributed by atoms with Crippen LogP contribution >= 0.6 is 12.4 Å². The average molecular weight is 169 g/mol. The third-order valence-electron chi connectivity index (χ3n) is 0. The molecule has 0 heterocycles. The fourth-order valence-electron chi connectivity index (χ4n) is 0. The van der Waals surface area contributed by atoms with Crippen LogP contribution in [0, 0.1) is 0 Å². The number of halogens is 1. The first-order valence-corrected chi connectivity index (χ1v) is 0. The van der Waals surface area contributed by atoms with E-state index in [1.807, 2.05) is 0 Å². The van der Waals surface area contributed by atoms with Crippen molar-refractivity contribution in [2.45, 2.75) is 0 Å². The van der Waals surface area contributed by atoms with Gasteiger partial charge in [-0.15, -0.1) is 12.4 Å². The molecule has 0 bridgehead atoms. The second-order valence-corrected chi connectivity index (χ2v) is 0. The molecule has 10 N–H and O–H groups in total. The van der Waals surface area contributed by atoms with Crippen molar-refractivity contribution in [3.63, 3.8) is 0 Å². The van der Waals surface area contributed by atoms with Crippen molar-refractivity contribution in [2.24, 2.45) is 0 Å². The van der Waals surface area contributed by atoms with E-state index in [4.69, 9.17) is 0 Å². The van der Waals surface area contributed by atoms with E-state index < -0.39 is 0 Å². The van der Waals surface area contributed by atoms with E-state index in [0.717, 1.165) is 0 Å². The first-order chi connectivity index (χ1) is 0. The maximum atomic E-state index is 0. The van der Waals surface area contributed by atoms with Crippen LogP contribution in [0.3, 0.4) is 0 Å². The minimum absolute atomic E-state index is 0. The van der Waals surface area contributed by atoms with Crippen LogP contribution in [0.25, 0.3) is 0 Å². The molecular formula is H13CaClO5. The maximum absolute atomic E-state index is 0. The van der Waals surface area contributed by atoms with Gasteiger partial charge in [0.05, 0.1) is 0 Å². The Labute approximate surface area is 77.0 Å². The molecule has 0 atom stereocenters. The van der Waals surface area contributed by atoms with Gasteiger partial charge in [-0.05, 0) is 0 Å². The van der Waals surface area contributed by atoms with Crippen molar-refractivity contribution in [3.05, 3.63) is 0 Å². The Hall–Kier alpha value is 1.35. The summed E-state index contributed by atoms with van der Waals surface area (Å²) in [6.07, 6.45) is 0. The number of hydrogen-bond acceptors (Lipinski definition) is 0. The zero-order chi connectivity index (χ0) is 0. The zero-order valence-electron chi connectivity index (χ0n) is 2.91. The Balaban J connectivity index is 0. The molecule has 0 aliphatic heterocycles. The first-order valence-electron chi connectivity index (χ1n) is 0. The van der Waals surface area contributed by atoms with Crippen molar-refractivity contribution < 1.29 is 27.4 Å². The summed E-state index contributed by atoms with van der Waals surface area (Å²) in [6.45, 7) is 0. The Bertz CT molecular complexity index is 8.04. The molecule has 0 aliphatic carbocycles. The third-order valence-corrected chi connectivity index (χ3v) is 0. The molecule has 7 heavy (non-hydrogen) atoms. The summed E-state index contributed by atoms with van der Waals surface area (Å²) >= 11 is 0. The Morgan fingerprint density at radius 2 is 0.429 bits per heavy atom. The van der Waals surface area contributed by atoms with Gasteiger partial charge in [-0.3, -0.25) is 0 Å². The third kappa shape index (κ3) is 115. The van der Waals surface area contributed by atoms with E-state index in [9.17, 15) is 0 Å². The molecule has 0 aromatic heterocycles. The molecule has 0 aromatic rings. The van der Waals surface area contributed by atoms with Crippen LogP contribution in [-0.4, -0.2) is 65.1 Å². The van der Waals surface area contributed by atoms with Crippen LogP contribution < -0.4 is 0 Å². The Kier molecular flexibility index (Phi) is 5750. The normalized spacial score (nSPS) is 0. The fraction of sp³-hybridized carbons (Fsp3) is 0. The summed E-state index contributed by atoms with van der Waals surface area (Å²) in [7, 11) is 0. The standard InChI is InChI=1S/Ca.ClH.5H2O.2H/h;1H;5*1H2;;. The molecule has 0 rings (SSSR count). The van der Waals surface area contributed by atoms with Crippen LogP contribution in [0.2, 0.25) is 0 Å². The molecule has 52 valence electrons. The minimum atomic E-state index is 0. The van der Waals surface area contributed by atoms with Gasteiger partial charge in [-0.25, -0.2) is 0 Å². The number of rotatable bonds is 0. The molecule has 0 saturated heterocycles. The average Bonchev–Trinajstić information content (AvgIpc) is 0. The van der Waals surface area contributed by atoms with Gasteiger partial charge in [0.2, 0.25) is 0 Å². The van der Waals surface area contributed by atoms with Crippen LogP contribution in [0.5, 0.6) is 0 Å². The van der Waals surface area contributed by atoms with E-state index in [2.05, 4.69) is 0 Å². The van der Waals surface area contributed by atoms with Crippen LogP contribution in [0.15, 0.2) is 0 Å². The molecule has 0 radical (unpaired) electrons. The van der Waals surface area contributed by atoms with Gasteiger partial charge in [0, 0.05) is 0 Å². The van der Waals surface area contributed by atoms with Crippen LogP contribution in [0.1, 0.15) is 0 Å². The summed E-state index contributed by atoms with van der Waals surface area (Å²) in [5, 5.41) is 0. The quantitative estimate of drug-likeness (QED) is 0.319.